The van der Waals surface area contributed by atoms with Crippen LogP contribution in [0.1, 0.15) is 26.7 Å². The number of hydrogen-bond donors (Lipinski definition) is 1. The highest BCUT2D eigenvalue weighted by Crippen LogP contribution is 2.41. The molecular formula is C15H23FN2O. The molecule has 2 N–H and O–H groups in total. The van der Waals surface area contributed by atoms with Crippen LogP contribution >= 0.6 is 0 Å². The largest absolute Gasteiger partial charge is 0.378 e. The lowest BCUT2D eigenvalue weighted by atomic mass is 9.72. The highest BCUT2D eigenvalue weighted by atomic mass is 19.1. The average molecular weight is 266 g/mol. The molecule has 0 atom stereocenters. The normalized spacial score (nSPS) is 26.0. The summed E-state index contributed by atoms with van der Waals surface area (Å²) in [5.74, 6) is -0.205. The van der Waals surface area contributed by atoms with Gasteiger partial charge in [0, 0.05) is 25.4 Å². The third-order valence-electron chi connectivity index (χ3n) is 4.01. The number of hydrogen-bond acceptors (Lipinski definition) is 3. The Kier molecular flexibility index (Phi) is 4.42. The van der Waals surface area contributed by atoms with Crippen LogP contribution in [0.25, 0.3) is 0 Å². The van der Waals surface area contributed by atoms with E-state index in [1.54, 1.807) is 12.1 Å². The van der Waals surface area contributed by atoms with Crippen molar-refractivity contribution in [2.45, 2.75) is 38.3 Å². The van der Waals surface area contributed by atoms with Gasteiger partial charge in [0.05, 0.1) is 11.6 Å². The molecule has 0 aliphatic heterocycles. The van der Waals surface area contributed by atoms with Gasteiger partial charge in [-0.1, -0.05) is 6.07 Å². The fourth-order valence-corrected chi connectivity index (χ4v) is 3.07. The van der Waals surface area contributed by atoms with E-state index in [0.29, 0.717) is 6.54 Å². The number of nitrogens with two attached hydrogens (primary N) is 1. The van der Waals surface area contributed by atoms with E-state index in [-0.39, 0.29) is 17.5 Å². The number of nitrogens with zero attached hydrogens (tertiary/aromatic N) is 1. The first-order valence-corrected chi connectivity index (χ1v) is 7.00. The van der Waals surface area contributed by atoms with Gasteiger partial charge in [0.1, 0.15) is 5.82 Å². The summed E-state index contributed by atoms with van der Waals surface area (Å²) in [6.07, 6.45) is 2.12. The predicted molar refractivity (Wildman–Crippen MR) is 75.9 cm³/mol. The second-order valence-electron chi connectivity index (χ2n) is 5.14. The van der Waals surface area contributed by atoms with Gasteiger partial charge in [0.15, 0.2) is 0 Å². The van der Waals surface area contributed by atoms with Crippen molar-refractivity contribution in [3.63, 3.8) is 0 Å². The van der Waals surface area contributed by atoms with Gasteiger partial charge < -0.3 is 15.4 Å². The quantitative estimate of drug-likeness (QED) is 0.860. The summed E-state index contributed by atoms with van der Waals surface area (Å²) in [6.45, 7) is 6.21. The van der Waals surface area contributed by atoms with Crippen molar-refractivity contribution in [3.8, 4) is 0 Å². The van der Waals surface area contributed by atoms with Crippen LogP contribution in [0.15, 0.2) is 24.3 Å². The van der Waals surface area contributed by atoms with Crippen LogP contribution in [0.2, 0.25) is 0 Å². The molecule has 0 aromatic heterocycles. The number of halogens is 1. The highest BCUT2D eigenvalue weighted by molar-refractivity contribution is 5.50. The van der Waals surface area contributed by atoms with Crippen molar-refractivity contribution in [1.29, 1.82) is 0 Å². The molecule has 1 fully saturated rings. The molecule has 0 amide bonds. The molecule has 0 unspecified atom stereocenters. The van der Waals surface area contributed by atoms with Crippen LogP contribution in [0.4, 0.5) is 10.1 Å². The first-order valence-electron chi connectivity index (χ1n) is 7.00. The number of rotatable bonds is 6. The molecule has 0 bridgehead atoms. The molecule has 1 saturated carbocycles. The van der Waals surface area contributed by atoms with E-state index < -0.39 is 0 Å². The Morgan fingerprint density at radius 2 is 2.16 bits per heavy atom. The van der Waals surface area contributed by atoms with E-state index in [2.05, 4.69) is 11.8 Å². The second kappa shape index (κ2) is 5.88. The minimum Gasteiger partial charge on any atom is -0.378 e. The zero-order valence-corrected chi connectivity index (χ0v) is 11.7. The van der Waals surface area contributed by atoms with Crippen LogP contribution < -0.4 is 10.6 Å². The molecule has 4 heteroatoms. The molecule has 1 aromatic rings. The van der Waals surface area contributed by atoms with E-state index in [1.165, 1.54) is 6.07 Å². The second-order valence-corrected chi connectivity index (χ2v) is 5.14. The Bertz CT molecular complexity index is 418. The molecule has 1 aliphatic rings. The van der Waals surface area contributed by atoms with E-state index in [1.807, 2.05) is 13.0 Å². The van der Waals surface area contributed by atoms with Crippen molar-refractivity contribution in [2.75, 3.05) is 24.6 Å². The number of anilines is 1. The first-order chi connectivity index (χ1) is 9.15. The molecule has 0 saturated heterocycles. The van der Waals surface area contributed by atoms with Crippen LogP contribution in [0.5, 0.6) is 0 Å². The van der Waals surface area contributed by atoms with Crippen LogP contribution in [0.3, 0.4) is 0 Å². The summed E-state index contributed by atoms with van der Waals surface area (Å²) in [6, 6.07) is 6.74. The molecular weight excluding hydrogens is 243 g/mol. The standard InChI is InChI=1S/C15H23FN2O/c1-3-18(13-7-5-6-12(16)8-13)15(11-17)9-14(10-15)19-4-2/h5-8,14H,3-4,9-11,17H2,1-2H3. The zero-order chi connectivity index (χ0) is 13.9. The summed E-state index contributed by atoms with van der Waals surface area (Å²) in [5.41, 5.74) is 6.81. The Balaban J connectivity index is 2.17. The fraction of sp³-hybridized carbons (Fsp3) is 0.600. The monoisotopic (exact) mass is 266 g/mol. The molecule has 0 radical (unpaired) electrons. The summed E-state index contributed by atoms with van der Waals surface area (Å²) >= 11 is 0. The van der Waals surface area contributed by atoms with E-state index in [0.717, 1.165) is 31.7 Å². The molecule has 1 aliphatic carbocycles. The maximum Gasteiger partial charge on any atom is 0.125 e. The van der Waals surface area contributed by atoms with Crippen molar-refractivity contribution in [1.82, 2.24) is 0 Å². The van der Waals surface area contributed by atoms with Gasteiger partial charge in [0.25, 0.3) is 0 Å². The Hall–Kier alpha value is -1.13. The third kappa shape index (κ3) is 2.74. The molecule has 19 heavy (non-hydrogen) atoms. The van der Waals surface area contributed by atoms with Crippen molar-refractivity contribution in [3.05, 3.63) is 30.1 Å². The molecule has 0 heterocycles. The number of ether oxygens (including phenoxy) is 1. The topological polar surface area (TPSA) is 38.5 Å². The fourth-order valence-electron chi connectivity index (χ4n) is 3.07. The summed E-state index contributed by atoms with van der Waals surface area (Å²) in [4.78, 5) is 2.21. The predicted octanol–water partition coefficient (Wildman–Crippen LogP) is 2.55. The lowest BCUT2D eigenvalue weighted by Crippen LogP contribution is -2.64. The summed E-state index contributed by atoms with van der Waals surface area (Å²) in [7, 11) is 0. The van der Waals surface area contributed by atoms with Crippen molar-refractivity contribution in [2.24, 2.45) is 5.73 Å². The van der Waals surface area contributed by atoms with E-state index >= 15 is 0 Å². The Morgan fingerprint density at radius 1 is 1.42 bits per heavy atom. The van der Waals surface area contributed by atoms with E-state index in [9.17, 15) is 4.39 Å². The molecule has 2 rings (SSSR count). The van der Waals surface area contributed by atoms with Crippen LogP contribution in [0, 0.1) is 5.82 Å². The summed E-state index contributed by atoms with van der Waals surface area (Å²) < 4.78 is 19.0. The molecule has 0 spiro atoms. The minimum atomic E-state index is -0.205. The smallest absolute Gasteiger partial charge is 0.125 e. The van der Waals surface area contributed by atoms with Crippen LogP contribution in [-0.4, -0.2) is 31.3 Å². The lowest BCUT2D eigenvalue weighted by Gasteiger charge is -2.54. The van der Waals surface area contributed by atoms with Gasteiger partial charge in [-0.05, 0) is 44.9 Å². The van der Waals surface area contributed by atoms with Gasteiger partial charge >= 0.3 is 0 Å². The maximum atomic E-state index is 13.4. The molecule has 106 valence electrons. The zero-order valence-electron chi connectivity index (χ0n) is 11.7. The van der Waals surface area contributed by atoms with E-state index in [4.69, 9.17) is 10.5 Å². The minimum absolute atomic E-state index is 0.0810. The van der Waals surface area contributed by atoms with Gasteiger partial charge in [0.2, 0.25) is 0 Å². The SMILES string of the molecule is CCOC1CC(CN)(N(CC)c2cccc(F)c2)C1. The average Bonchev–Trinajstić information content (AvgIpc) is 2.36. The number of likely N-dealkylation sites (N-methyl/N-ethyl adjacent to an activating group) is 1. The van der Waals surface area contributed by atoms with Gasteiger partial charge in [-0.2, -0.15) is 0 Å². The Morgan fingerprint density at radius 3 is 2.68 bits per heavy atom. The van der Waals surface area contributed by atoms with Gasteiger partial charge in [-0.15, -0.1) is 0 Å². The number of benzene rings is 1. The van der Waals surface area contributed by atoms with Crippen molar-refractivity contribution < 1.29 is 9.13 Å². The summed E-state index contributed by atoms with van der Waals surface area (Å²) in [5, 5.41) is 0. The van der Waals surface area contributed by atoms with Crippen LogP contribution in [-0.2, 0) is 4.74 Å². The third-order valence-corrected chi connectivity index (χ3v) is 4.01. The maximum absolute atomic E-state index is 13.4. The van der Waals surface area contributed by atoms with Crippen molar-refractivity contribution >= 4 is 5.69 Å². The van der Waals surface area contributed by atoms with Gasteiger partial charge in [-0.3, -0.25) is 0 Å². The first kappa shape index (κ1) is 14.3. The molecule has 3 nitrogen and oxygen atoms in total. The Labute approximate surface area is 114 Å². The lowest BCUT2D eigenvalue weighted by molar-refractivity contribution is -0.0367. The molecule has 1 aromatic carbocycles. The highest BCUT2D eigenvalue weighted by Gasteiger charge is 2.47. The van der Waals surface area contributed by atoms with Gasteiger partial charge in [-0.25, -0.2) is 4.39 Å².